The largest absolute Gasteiger partial charge is 0.372 e. The van der Waals surface area contributed by atoms with Crippen molar-refractivity contribution in [1.29, 1.82) is 0 Å². The van der Waals surface area contributed by atoms with Crippen molar-refractivity contribution >= 4 is 75.4 Å². The molecule has 0 spiro atoms. The van der Waals surface area contributed by atoms with Gasteiger partial charge in [-0.1, -0.05) is 0 Å². The summed E-state index contributed by atoms with van der Waals surface area (Å²) in [6.07, 6.45) is 5.54. The minimum Gasteiger partial charge on any atom is -0.372 e. The van der Waals surface area contributed by atoms with Crippen LogP contribution < -0.4 is 31.5 Å². The molecule has 1 aliphatic heterocycles. The van der Waals surface area contributed by atoms with E-state index in [1.807, 2.05) is 17.0 Å². The molecule has 16 heteroatoms. The zero-order valence-corrected chi connectivity index (χ0v) is 29.6. The molecule has 4 heterocycles. The number of aliphatic imine (C=N–C) groups is 1. The Labute approximate surface area is 299 Å². The Hall–Kier alpha value is -5.21. The third-order valence-corrected chi connectivity index (χ3v) is 8.42. The van der Waals surface area contributed by atoms with Crippen LogP contribution >= 0.6 is 23.2 Å². The maximum Gasteiger partial charge on any atom is 0.272 e. The van der Waals surface area contributed by atoms with E-state index in [4.69, 9.17) is 23.2 Å². The van der Waals surface area contributed by atoms with Gasteiger partial charge in [0, 0.05) is 95.3 Å². The van der Waals surface area contributed by atoms with E-state index in [2.05, 4.69) is 31.6 Å². The first-order chi connectivity index (χ1) is 24.1. The van der Waals surface area contributed by atoms with Gasteiger partial charge in [-0.05, 0) is 42.5 Å². The normalized spacial score (nSPS) is 12.2. The molecule has 5 rings (SSSR count). The minimum absolute atomic E-state index is 0.263. The zero-order valence-electron chi connectivity index (χ0n) is 28.1. The van der Waals surface area contributed by atoms with Gasteiger partial charge in [-0.15, -0.1) is 23.2 Å². The fourth-order valence-corrected chi connectivity index (χ4v) is 5.97. The van der Waals surface area contributed by atoms with Crippen molar-refractivity contribution in [3.8, 4) is 0 Å². The maximum atomic E-state index is 13.2. The molecule has 1 aliphatic rings. The van der Waals surface area contributed by atoms with Crippen molar-refractivity contribution < 1.29 is 19.2 Å². The summed E-state index contributed by atoms with van der Waals surface area (Å²) in [5.41, 5.74) is 3.65. The maximum absolute atomic E-state index is 13.2. The van der Waals surface area contributed by atoms with Gasteiger partial charge < -0.3 is 45.2 Å². The van der Waals surface area contributed by atoms with Crippen LogP contribution in [0.15, 0.2) is 66.0 Å². The third-order valence-electron chi connectivity index (χ3n) is 8.08. The van der Waals surface area contributed by atoms with Gasteiger partial charge in [-0.3, -0.25) is 24.2 Å². The summed E-state index contributed by atoms with van der Waals surface area (Å²) in [4.78, 5) is 58.4. The molecular weight excluding hydrogens is 683 g/mol. The molecule has 0 saturated carbocycles. The van der Waals surface area contributed by atoms with E-state index in [0.29, 0.717) is 77.5 Å². The Morgan fingerprint density at radius 3 is 1.68 bits per heavy atom. The van der Waals surface area contributed by atoms with Crippen molar-refractivity contribution in [2.24, 2.45) is 26.1 Å². The fraction of sp³-hybridized carbons (Fsp3) is 0.324. The summed E-state index contributed by atoms with van der Waals surface area (Å²) in [5, 5.41) is 14.5. The molecule has 0 saturated heterocycles. The number of aromatic nitrogens is 3. The third kappa shape index (κ3) is 8.87. The summed E-state index contributed by atoms with van der Waals surface area (Å²) in [5.74, 6) is 0.360. The van der Waals surface area contributed by atoms with Gasteiger partial charge in [0.05, 0.1) is 29.4 Å². The summed E-state index contributed by atoms with van der Waals surface area (Å²) >= 11 is 11.8. The average Bonchev–Trinajstić information content (AvgIpc) is 3.89. The number of amidine groups is 1. The van der Waals surface area contributed by atoms with Crippen LogP contribution in [-0.2, 0) is 21.1 Å². The first-order valence-corrected chi connectivity index (χ1v) is 17.1. The number of nitrogens with one attached hydrogen (secondary N) is 5. The second-order valence-electron chi connectivity index (χ2n) is 11.7. The van der Waals surface area contributed by atoms with Crippen molar-refractivity contribution in [3.63, 3.8) is 0 Å². The highest BCUT2D eigenvalue weighted by molar-refractivity contribution is 6.18. The number of aryl methyl sites for hydroxylation is 3. The lowest BCUT2D eigenvalue weighted by Gasteiger charge is -2.22. The lowest BCUT2D eigenvalue weighted by Crippen LogP contribution is -2.30. The van der Waals surface area contributed by atoms with Crippen LogP contribution in [0.5, 0.6) is 0 Å². The number of nitrogens with zero attached hydrogens (tertiary/aromatic N) is 5. The molecule has 0 unspecified atom stereocenters. The van der Waals surface area contributed by atoms with Crippen molar-refractivity contribution in [3.05, 3.63) is 83.7 Å². The lowest BCUT2D eigenvalue weighted by atomic mass is 10.1. The highest BCUT2D eigenvalue weighted by Crippen LogP contribution is 2.21. The van der Waals surface area contributed by atoms with Gasteiger partial charge >= 0.3 is 0 Å². The first-order valence-electron chi connectivity index (χ1n) is 16.0. The lowest BCUT2D eigenvalue weighted by molar-refractivity contribution is 0.0944. The predicted octanol–water partition coefficient (Wildman–Crippen LogP) is 3.86. The molecule has 0 bridgehead atoms. The number of halogens is 2. The van der Waals surface area contributed by atoms with Crippen molar-refractivity contribution in [1.82, 2.24) is 24.3 Å². The topological polar surface area (TPSA) is 159 Å². The molecule has 4 amide bonds. The van der Waals surface area contributed by atoms with E-state index in [1.165, 1.54) is 0 Å². The van der Waals surface area contributed by atoms with E-state index in [0.717, 1.165) is 24.6 Å². The second kappa shape index (κ2) is 16.5. The number of benzene rings is 1. The number of rotatable bonds is 15. The molecule has 4 aromatic rings. The van der Waals surface area contributed by atoms with Crippen LogP contribution in [0.1, 0.15) is 48.2 Å². The number of anilines is 4. The highest BCUT2D eigenvalue weighted by atomic mass is 35.5. The van der Waals surface area contributed by atoms with E-state index < -0.39 is 11.8 Å². The van der Waals surface area contributed by atoms with E-state index in [-0.39, 0.29) is 11.8 Å². The van der Waals surface area contributed by atoms with Crippen LogP contribution in [0, 0.1) is 0 Å². The van der Waals surface area contributed by atoms with Gasteiger partial charge in [0.15, 0.2) is 0 Å². The van der Waals surface area contributed by atoms with Crippen molar-refractivity contribution in [2.45, 2.75) is 6.42 Å². The molecule has 5 N–H and O–H groups in total. The van der Waals surface area contributed by atoms with E-state index >= 15 is 0 Å². The van der Waals surface area contributed by atoms with E-state index in [9.17, 15) is 19.2 Å². The first kappa shape index (κ1) is 36.1. The predicted molar refractivity (Wildman–Crippen MR) is 197 cm³/mol. The molecule has 0 aliphatic carbocycles. The number of carbonyl (C=O) groups excluding carboxylic acids is 4. The molecule has 264 valence electrons. The van der Waals surface area contributed by atoms with Gasteiger partial charge in [-0.25, -0.2) is 0 Å². The van der Waals surface area contributed by atoms with Gasteiger partial charge in [0.25, 0.3) is 23.6 Å². The van der Waals surface area contributed by atoms with Crippen LogP contribution in [0.3, 0.4) is 0 Å². The van der Waals surface area contributed by atoms with Crippen molar-refractivity contribution in [2.75, 3.05) is 65.3 Å². The van der Waals surface area contributed by atoms with Crippen LogP contribution in [0.4, 0.5) is 22.7 Å². The van der Waals surface area contributed by atoms with E-state index in [1.54, 1.807) is 83.8 Å². The standard InChI is InChI=1S/C34H40Cl2N10O4/c1-43-20-24(16-27(43)32(48)39-11-8-30-37-12-13-38-30)41-34(50)29-18-25(21-45(29)3)42-33(49)28-17-23(19-44(28)2)40-31(47)22-4-6-26(7-5-22)46(14-9-35)15-10-36/h4-7,16-21H,8-15H2,1-3H3,(H,37,38)(H,39,48)(H,40,47)(H,41,50)(H,42,49). The van der Waals surface area contributed by atoms with Crippen LogP contribution in [0.25, 0.3) is 0 Å². The molecule has 50 heavy (non-hydrogen) atoms. The Morgan fingerprint density at radius 2 is 1.22 bits per heavy atom. The number of hydrogen-bond donors (Lipinski definition) is 5. The zero-order chi connectivity index (χ0) is 35.8. The molecule has 1 aromatic carbocycles. The molecule has 14 nitrogen and oxygen atoms in total. The van der Waals surface area contributed by atoms with Gasteiger partial charge in [0.1, 0.15) is 17.1 Å². The molecule has 3 aromatic heterocycles. The SMILES string of the molecule is Cn1cc(NC(=O)c2cc(NC(=O)c3cc(NC(=O)c4ccc(N(CCCl)CCCl)cc4)cn3C)cn2C)cc1C(=O)NCCC1=NCCN1. The quantitative estimate of drug-likeness (QED) is 0.117. The monoisotopic (exact) mass is 722 g/mol. The fourth-order valence-electron chi connectivity index (χ4n) is 5.57. The number of hydrogen-bond acceptors (Lipinski definition) is 7. The van der Waals surface area contributed by atoms with Gasteiger partial charge in [0.2, 0.25) is 0 Å². The Balaban J connectivity index is 1.16. The minimum atomic E-state index is -0.428. The summed E-state index contributed by atoms with van der Waals surface area (Å²) in [6, 6.07) is 11.9. The van der Waals surface area contributed by atoms with Gasteiger partial charge in [-0.2, -0.15) is 0 Å². The Bertz CT molecular complexity index is 1890. The summed E-state index contributed by atoms with van der Waals surface area (Å²) in [6.45, 7) is 3.28. The smallest absolute Gasteiger partial charge is 0.272 e. The second-order valence-corrected chi connectivity index (χ2v) is 12.5. The number of amides is 4. The molecule has 0 fully saturated rings. The molecule has 0 atom stereocenters. The van der Waals surface area contributed by atoms with Crippen LogP contribution in [-0.4, -0.2) is 87.6 Å². The Kier molecular flexibility index (Phi) is 11.9. The Morgan fingerprint density at radius 1 is 0.740 bits per heavy atom. The van der Waals surface area contributed by atoms with Crippen LogP contribution in [0.2, 0.25) is 0 Å². The molecular formula is C34H40Cl2N10O4. The average molecular weight is 724 g/mol. The molecule has 0 radical (unpaired) electrons. The summed E-state index contributed by atoms with van der Waals surface area (Å²) in [7, 11) is 5.11. The summed E-state index contributed by atoms with van der Waals surface area (Å²) < 4.78 is 4.83. The number of alkyl halides is 2. The highest BCUT2D eigenvalue weighted by Gasteiger charge is 2.19. The number of carbonyl (C=O) groups is 4.